The molecule has 0 aromatic rings. The molecule has 0 radical (unpaired) electrons. The minimum atomic E-state index is 0.248. The van der Waals surface area contributed by atoms with E-state index in [1.165, 1.54) is 12.8 Å². The highest BCUT2D eigenvalue weighted by Gasteiger charge is 2.64. The molecule has 1 aliphatic carbocycles. The van der Waals surface area contributed by atoms with Gasteiger partial charge >= 0.3 is 0 Å². The van der Waals surface area contributed by atoms with Crippen molar-refractivity contribution in [3.05, 3.63) is 0 Å². The van der Waals surface area contributed by atoms with Gasteiger partial charge in [0, 0.05) is 0 Å². The summed E-state index contributed by atoms with van der Waals surface area (Å²) < 4.78 is 6.08. The molecular formula is C11H20O. The zero-order valence-electron chi connectivity index (χ0n) is 8.63. The summed E-state index contributed by atoms with van der Waals surface area (Å²) >= 11 is 0. The van der Waals surface area contributed by atoms with Gasteiger partial charge in [0.1, 0.15) is 0 Å². The van der Waals surface area contributed by atoms with Crippen LogP contribution in [-0.2, 0) is 4.74 Å². The van der Waals surface area contributed by atoms with Crippen molar-refractivity contribution in [1.29, 1.82) is 0 Å². The average Bonchev–Trinajstić information content (AvgIpc) is 2.55. The summed E-state index contributed by atoms with van der Waals surface area (Å²) in [5.41, 5.74) is 0.248. The van der Waals surface area contributed by atoms with E-state index in [4.69, 9.17) is 4.74 Å². The molecule has 2 aliphatic rings. The first-order chi connectivity index (χ1) is 5.59. The summed E-state index contributed by atoms with van der Waals surface area (Å²) in [4.78, 5) is 0. The summed E-state index contributed by atoms with van der Waals surface area (Å²) in [6, 6.07) is 0. The first kappa shape index (κ1) is 8.55. The molecule has 1 saturated heterocycles. The van der Waals surface area contributed by atoms with Gasteiger partial charge in [-0.05, 0) is 37.5 Å². The van der Waals surface area contributed by atoms with Crippen LogP contribution in [0.3, 0.4) is 0 Å². The van der Waals surface area contributed by atoms with Gasteiger partial charge in [0.25, 0.3) is 0 Å². The van der Waals surface area contributed by atoms with E-state index in [0.717, 1.165) is 17.8 Å². The second-order valence-electron chi connectivity index (χ2n) is 4.86. The molecule has 4 unspecified atom stereocenters. The lowest BCUT2D eigenvalue weighted by Crippen LogP contribution is -2.31. The average molecular weight is 168 g/mol. The number of ether oxygens (including phenoxy) is 1. The maximum absolute atomic E-state index is 6.08. The van der Waals surface area contributed by atoms with Gasteiger partial charge in [0.2, 0.25) is 0 Å². The van der Waals surface area contributed by atoms with Gasteiger partial charge in [-0.25, -0.2) is 0 Å². The number of fused-ring (bicyclic) bond motifs is 1. The molecule has 5 atom stereocenters. The molecule has 1 heteroatoms. The van der Waals surface area contributed by atoms with Crippen LogP contribution in [0.1, 0.15) is 40.5 Å². The minimum absolute atomic E-state index is 0.248. The Morgan fingerprint density at radius 2 is 2.08 bits per heavy atom. The van der Waals surface area contributed by atoms with Crippen LogP contribution in [0.2, 0.25) is 0 Å². The van der Waals surface area contributed by atoms with Gasteiger partial charge < -0.3 is 4.74 Å². The van der Waals surface area contributed by atoms with E-state index in [1.807, 2.05) is 0 Å². The van der Waals surface area contributed by atoms with Crippen LogP contribution in [-0.4, -0.2) is 11.7 Å². The summed E-state index contributed by atoms with van der Waals surface area (Å²) in [7, 11) is 0. The van der Waals surface area contributed by atoms with E-state index in [9.17, 15) is 0 Å². The molecule has 2 fully saturated rings. The third kappa shape index (κ3) is 0.953. The van der Waals surface area contributed by atoms with Crippen molar-refractivity contribution in [3.63, 3.8) is 0 Å². The van der Waals surface area contributed by atoms with E-state index in [-0.39, 0.29) is 5.60 Å². The molecule has 0 amide bonds. The smallest absolute Gasteiger partial charge is 0.0721 e. The molecule has 70 valence electrons. The summed E-state index contributed by atoms with van der Waals surface area (Å²) in [5.74, 6) is 2.52. The lowest BCUT2D eigenvalue weighted by Gasteiger charge is -2.31. The predicted molar refractivity (Wildman–Crippen MR) is 50.0 cm³/mol. The first-order valence-corrected chi connectivity index (χ1v) is 5.27. The van der Waals surface area contributed by atoms with E-state index >= 15 is 0 Å². The van der Waals surface area contributed by atoms with E-state index in [1.54, 1.807) is 0 Å². The topological polar surface area (TPSA) is 9.23 Å². The largest absolute Gasteiger partial charge is 0.371 e. The lowest BCUT2D eigenvalue weighted by molar-refractivity contribution is -0.0764. The lowest BCUT2D eigenvalue weighted by atomic mass is 9.92. The highest BCUT2D eigenvalue weighted by Crippen LogP contribution is 2.61. The molecule has 12 heavy (non-hydrogen) atoms. The van der Waals surface area contributed by atoms with Crippen LogP contribution in [0.25, 0.3) is 0 Å². The van der Waals surface area contributed by atoms with Crippen LogP contribution >= 0.6 is 0 Å². The molecule has 1 saturated carbocycles. The Labute approximate surface area is 75.5 Å². The molecule has 0 spiro atoms. The highest BCUT2D eigenvalue weighted by atomic mass is 16.5. The van der Waals surface area contributed by atoms with Crippen molar-refractivity contribution in [3.8, 4) is 0 Å². The van der Waals surface area contributed by atoms with E-state index < -0.39 is 0 Å². The van der Waals surface area contributed by atoms with Crippen molar-refractivity contribution < 1.29 is 4.74 Å². The van der Waals surface area contributed by atoms with E-state index in [0.29, 0.717) is 6.10 Å². The SMILES string of the molecule is CCC1C[C@@H](C)C2C(C)C2(C)O1. The highest BCUT2D eigenvalue weighted by molar-refractivity contribution is 5.13. The van der Waals surface area contributed by atoms with Gasteiger partial charge in [0.05, 0.1) is 11.7 Å². The van der Waals surface area contributed by atoms with Crippen LogP contribution in [0, 0.1) is 17.8 Å². The fraction of sp³-hybridized carbons (Fsp3) is 1.00. The second-order valence-corrected chi connectivity index (χ2v) is 4.86. The Hall–Kier alpha value is -0.0400. The molecule has 0 aromatic heterocycles. The molecule has 0 bridgehead atoms. The summed E-state index contributed by atoms with van der Waals surface area (Å²) in [6.07, 6.45) is 2.99. The van der Waals surface area contributed by atoms with Crippen molar-refractivity contribution in [2.75, 3.05) is 0 Å². The van der Waals surface area contributed by atoms with Crippen molar-refractivity contribution in [2.24, 2.45) is 17.8 Å². The summed E-state index contributed by atoms with van der Waals surface area (Å²) in [5, 5.41) is 0. The van der Waals surface area contributed by atoms with Gasteiger partial charge in [0.15, 0.2) is 0 Å². The molecule has 1 heterocycles. The Balaban J connectivity index is 2.09. The van der Waals surface area contributed by atoms with Gasteiger partial charge in [-0.3, -0.25) is 0 Å². The minimum Gasteiger partial charge on any atom is -0.371 e. The van der Waals surface area contributed by atoms with Crippen LogP contribution in [0.4, 0.5) is 0 Å². The maximum Gasteiger partial charge on any atom is 0.0721 e. The molecule has 2 rings (SSSR count). The quantitative estimate of drug-likeness (QED) is 0.585. The Kier molecular flexibility index (Phi) is 1.76. The molecule has 0 aromatic carbocycles. The maximum atomic E-state index is 6.08. The molecular weight excluding hydrogens is 148 g/mol. The zero-order chi connectivity index (χ0) is 8.93. The van der Waals surface area contributed by atoms with Crippen molar-refractivity contribution in [2.45, 2.75) is 52.2 Å². The standard InChI is InChI=1S/C11H20O/c1-5-9-6-7(2)10-8(3)11(10,4)12-9/h7-10H,5-6H2,1-4H3/t7-,8?,9?,10?,11?/m1/s1. The van der Waals surface area contributed by atoms with Crippen LogP contribution in [0.5, 0.6) is 0 Å². The zero-order valence-corrected chi connectivity index (χ0v) is 8.63. The normalized spacial score (nSPS) is 58.0. The van der Waals surface area contributed by atoms with Gasteiger partial charge in [-0.1, -0.05) is 20.8 Å². The van der Waals surface area contributed by atoms with E-state index in [2.05, 4.69) is 27.7 Å². The fourth-order valence-corrected chi connectivity index (χ4v) is 3.20. The molecule has 0 N–H and O–H groups in total. The number of hydrogen-bond acceptors (Lipinski definition) is 1. The molecule has 1 aliphatic heterocycles. The Morgan fingerprint density at radius 1 is 1.42 bits per heavy atom. The van der Waals surface area contributed by atoms with Gasteiger partial charge in [-0.2, -0.15) is 0 Å². The van der Waals surface area contributed by atoms with Crippen LogP contribution in [0.15, 0.2) is 0 Å². The third-order valence-electron chi connectivity index (χ3n) is 4.12. The summed E-state index contributed by atoms with van der Waals surface area (Å²) in [6.45, 7) is 9.24. The number of rotatable bonds is 1. The predicted octanol–water partition coefficient (Wildman–Crippen LogP) is 2.85. The Morgan fingerprint density at radius 3 is 2.58 bits per heavy atom. The van der Waals surface area contributed by atoms with Crippen molar-refractivity contribution >= 4 is 0 Å². The first-order valence-electron chi connectivity index (χ1n) is 5.27. The second kappa shape index (κ2) is 2.47. The van der Waals surface area contributed by atoms with Crippen molar-refractivity contribution in [1.82, 2.24) is 0 Å². The van der Waals surface area contributed by atoms with Gasteiger partial charge in [-0.15, -0.1) is 0 Å². The number of hydrogen-bond donors (Lipinski definition) is 0. The Bertz CT molecular complexity index is 189. The third-order valence-corrected chi connectivity index (χ3v) is 4.12. The van der Waals surface area contributed by atoms with Crippen LogP contribution < -0.4 is 0 Å². The molecule has 1 nitrogen and oxygen atoms in total. The fourth-order valence-electron chi connectivity index (χ4n) is 3.20. The monoisotopic (exact) mass is 168 g/mol.